The molecule has 2 aromatic carbocycles. The molecule has 0 aliphatic rings. The monoisotopic (exact) mass is 317 g/mol. The predicted molar refractivity (Wildman–Crippen MR) is 83.3 cm³/mol. The minimum atomic E-state index is -0.859. The Hall–Kier alpha value is -2.27. The first-order chi connectivity index (χ1) is 10.7. The molecule has 0 bridgehead atoms. The molecular formula is C17H13F2NOS. The largest absolute Gasteiger partial charge is 0.497 e. The number of hydrogen-bond acceptors (Lipinski definition) is 3. The summed E-state index contributed by atoms with van der Waals surface area (Å²) in [5.74, 6) is -0.898. The van der Waals surface area contributed by atoms with Crippen LogP contribution in [0.15, 0.2) is 47.8 Å². The van der Waals surface area contributed by atoms with E-state index in [1.54, 1.807) is 7.11 Å². The Morgan fingerprint density at radius 3 is 2.50 bits per heavy atom. The number of aromatic nitrogens is 1. The van der Waals surface area contributed by atoms with E-state index in [9.17, 15) is 8.78 Å². The fourth-order valence-corrected chi connectivity index (χ4v) is 2.94. The smallest absolute Gasteiger partial charge is 0.159 e. The van der Waals surface area contributed by atoms with E-state index in [1.807, 2.05) is 29.6 Å². The number of benzene rings is 2. The quantitative estimate of drug-likeness (QED) is 0.696. The van der Waals surface area contributed by atoms with Crippen LogP contribution in [0.3, 0.4) is 0 Å². The lowest BCUT2D eigenvalue weighted by Crippen LogP contribution is -1.89. The highest BCUT2D eigenvalue weighted by Gasteiger charge is 2.09. The van der Waals surface area contributed by atoms with E-state index in [2.05, 4.69) is 4.98 Å². The molecule has 0 saturated carbocycles. The second-order valence-electron chi connectivity index (χ2n) is 4.78. The van der Waals surface area contributed by atoms with Gasteiger partial charge in [0.05, 0.1) is 17.8 Å². The third-order valence-corrected chi connectivity index (χ3v) is 4.13. The Morgan fingerprint density at radius 1 is 1.05 bits per heavy atom. The average molecular weight is 317 g/mol. The van der Waals surface area contributed by atoms with Crippen molar-refractivity contribution in [2.24, 2.45) is 0 Å². The van der Waals surface area contributed by atoms with Gasteiger partial charge in [0.25, 0.3) is 0 Å². The van der Waals surface area contributed by atoms with Crippen LogP contribution in [0.4, 0.5) is 8.78 Å². The van der Waals surface area contributed by atoms with E-state index in [0.717, 1.165) is 22.4 Å². The molecule has 0 spiro atoms. The van der Waals surface area contributed by atoms with Crippen LogP contribution in [0.2, 0.25) is 0 Å². The van der Waals surface area contributed by atoms with Crippen LogP contribution in [0, 0.1) is 11.6 Å². The zero-order valence-electron chi connectivity index (χ0n) is 11.8. The van der Waals surface area contributed by atoms with E-state index >= 15 is 0 Å². The van der Waals surface area contributed by atoms with Crippen LogP contribution >= 0.6 is 11.3 Å². The lowest BCUT2D eigenvalue weighted by molar-refractivity contribution is 0.414. The fraction of sp³-hybridized carbons (Fsp3) is 0.118. The zero-order valence-corrected chi connectivity index (χ0v) is 12.7. The molecule has 1 aromatic heterocycles. The van der Waals surface area contributed by atoms with Gasteiger partial charge < -0.3 is 4.74 Å². The van der Waals surface area contributed by atoms with Crippen molar-refractivity contribution in [2.75, 3.05) is 7.11 Å². The molecule has 22 heavy (non-hydrogen) atoms. The zero-order chi connectivity index (χ0) is 15.5. The molecule has 3 rings (SSSR count). The van der Waals surface area contributed by atoms with Crippen molar-refractivity contribution < 1.29 is 13.5 Å². The summed E-state index contributed by atoms with van der Waals surface area (Å²) in [4.78, 5) is 4.49. The number of rotatable bonds is 4. The van der Waals surface area contributed by atoms with Gasteiger partial charge in [0.15, 0.2) is 11.6 Å². The maximum absolute atomic E-state index is 13.3. The van der Waals surface area contributed by atoms with Gasteiger partial charge in [-0.2, -0.15) is 0 Å². The molecule has 0 aliphatic heterocycles. The van der Waals surface area contributed by atoms with Crippen molar-refractivity contribution in [1.82, 2.24) is 4.98 Å². The lowest BCUT2D eigenvalue weighted by atomic mass is 10.1. The minimum absolute atomic E-state index is 0.580. The molecule has 0 atom stereocenters. The Morgan fingerprint density at radius 2 is 1.82 bits per heavy atom. The molecule has 5 heteroatoms. The van der Waals surface area contributed by atoms with Crippen LogP contribution < -0.4 is 4.74 Å². The maximum atomic E-state index is 13.3. The highest BCUT2D eigenvalue weighted by atomic mass is 32.1. The molecular weight excluding hydrogens is 304 g/mol. The standard InChI is InChI=1S/C17H13F2NOS/c1-21-13-5-2-11(3-6-13)8-17-20-16(10-22-17)12-4-7-14(18)15(19)9-12/h2-7,9-10H,8H2,1H3. The van der Waals surface area contributed by atoms with Crippen molar-refractivity contribution in [3.63, 3.8) is 0 Å². The summed E-state index contributed by atoms with van der Waals surface area (Å²) in [6.45, 7) is 0. The molecule has 0 unspecified atom stereocenters. The minimum Gasteiger partial charge on any atom is -0.497 e. The second kappa shape index (κ2) is 6.23. The SMILES string of the molecule is COc1ccc(Cc2nc(-c3ccc(F)c(F)c3)cs2)cc1. The van der Waals surface area contributed by atoms with Crippen LogP contribution in [-0.2, 0) is 6.42 Å². The van der Waals surface area contributed by atoms with Crippen molar-refractivity contribution in [3.8, 4) is 17.0 Å². The molecule has 0 N–H and O–H groups in total. The summed E-state index contributed by atoms with van der Waals surface area (Å²) in [5.41, 5.74) is 2.36. The summed E-state index contributed by atoms with van der Waals surface area (Å²) in [6.07, 6.45) is 0.693. The Bertz CT molecular complexity index is 784. The van der Waals surface area contributed by atoms with Crippen molar-refractivity contribution in [3.05, 3.63) is 70.1 Å². The molecule has 0 fully saturated rings. The Balaban J connectivity index is 1.79. The highest BCUT2D eigenvalue weighted by molar-refractivity contribution is 7.10. The number of halogens is 2. The van der Waals surface area contributed by atoms with Crippen LogP contribution in [-0.4, -0.2) is 12.1 Å². The van der Waals surface area contributed by atoms with Crippen LogP contribution in [0.1, 0.15) is 10.6 Å². The first kappa shape index (κ1) is 14.7. The molecule has 0 saturated heterocycles. The molecule has 2 nitrogen and oxygen atoms in total. The van der Waals surface area contributed by atoms with Gasteiger partial charge in [-0.15, -0.1) is 11.3 Å². The molecule has 0 radical (unpaired) electrons. The topological polar surface area (TPSA) is 22.1 Å². The first-order valence-electron chi connectivity index (χ1n) is 6.68. The van der Waals surface area contributed by atoms with Gasteiger partial charge in [0.2, 0.25) is 0 Å². The lowest BCUT2D eigenvalue weighted by Gasteiger charge is -2.01. The Kier molecular flexibility index (Phi) is 4.15. The fourth-order valence-electron chi connectivity index (χ4n) is 2.10. The van der Waals surface area contributed by atoms with Gasteiger partial charge in [-0.05, 0) is 35.9 Å². The van der Waals surface area contributed by atoms with E-state index in [1.165, 1.54) is 23.5 Å². The summed E-state index contributed by atoms with van der Waals surface area (Å²) in [7, 11) is 1.63. The summed E-state index contributed by atoms with van der Waals surface area (Å²) >= 11 is 1.50. The average Bonchev–Trinajstić information content (AvgIpc) is 2.99. The third kappa shape index (κ3) is 3.14. The third-order valence-electron chi connectivity index (χ3n) is 3.28. The predicted octanol–water partition coefficient (Wildman–Crippen LogP) is 4.69. The molecule has 0 aliphatic carbocycles. The van der Waals surface area contributed by atoms with E-state index in [4.69, 9.17) is 4.74 Å². The number of ether oxygens (including phenoxy) is 1. The summed E-state index contributed by atoms with van der Waals surface area (Å²) in [5, 5.41) is 2.77. The van der Waals surface area contributed by atoms with Crippen molar-refractivity contribution >= 4 is 11.3 Å². The second-order valence-corrected chi connectivity index (χ2v) is 5.72. The van der Waals surface area contributed by atoms with Gasteiger partial charge >= 0.3 is 0 Å². The number of nitrogens with zero attached hydrogens (tertiary/aromatic N) is 1. The molecule has 0 amide bonds. The number of thiazole rings is 1. The van der Waals surface area contributed by atoms with E-state index in [-0.39, 0.29) is 0 Å². The van der Waals surface area contributed by atoms with E-state index < -0.39 is 11.6 Å². The first-order valence-corrected chi connectivity index (χ1v) is 7.56. The van der Waals surface area contributed by atoms with Crippen molar-refractivity contribution in [1.29, 1.82) is 0 Å². The van der Waals surface area contributed by atoms with Gasteiger partial charge in [0.1, 0.15) is 5.75 Å². The van der Waals surface area contributed by atoms with Crippen LogP contribution in [0.25, 0.3) is 11.3 Å². The van der Waals surface area contributed by atoms with Crippen LogP contribution in [0.5, 0.6) is 5.75 Å². The maximum Gasteiger partial charge on any atom is 0.159 e. The normalized spacial score (nSPS) is 10.7. The summed E-state index contributed by atoms with van der Waals surface area (Å²) in [6, 6.07) is 11.6. The number of methoxy groups -OCH3 is 1. The van der Waals surface area contributed by atoms with Gasteiger partial charge in [0, 0.05) is 17.4 Å². The van der Waals surface area contributed by atoms with Gasteiger partial charge in [-0.25, -0.2) is 13.8 Å². The van der Waals surface area contributed by atoms with Gasteiger partial charge in [-0.1, -0.05) is 12.1 Å². The van der Waals surface area contributed by atoms with Gasteiger partial charge in [-0.3, -0.25) is 0 Å². The molecule has 112 valence electrons. The summed E-state index contributed by atoms with van der Waals surface area (Å²) < 4.78 is 31.4. The molecule has 3 aromatic rings. The van der Waals surface area contributed by atoms with Crippen molar-refractivity contribution in [2.45, 2.75) is 6.42 Å². The van der Waals surface area contributed by atoms with E-state index in [0.29, 0.717) is 17.7 Å². The Labute approximate surface area is 131 Å². The highest BCUT2D eigenvalue weighted by Crippen LogP contribution is 2.25. The number of hydrogen-bond donors (Lipinski definition) is 0. The molecule has 1 heterocycles.